The molecule has 272 valence electrons. The van der Waals surface area contributed by atoms with Crippen LogP contribution in [0.15, 0.2) is 78.9 Å². The predicted molar refractivity (Wildman–Crippen MR) is 210 cm³/mol. The molecular formula is C45H58N2O4. The number of H-pyrrole nitrogens is 2. The van der Waals surface area contributed by atoms with Gasteiger partial charge >= 0.3 is 11.9 Å². The van der Waals surface area contributed by atoms with E-state index in [1.54, 1.807) is 6.07 Å². The van der Waals surface area contributed by atoms with Crippen LogP contribution in [0.25, 0.3) is 21.8 Å². The molecule has 0 fully saturated rings. The van der Waals surface area contributed by atoms with Gasteiger partial charge in [-0.25, -0.2) is 0 Å². The van der Waals surface area contributed by atoms with Crippen molar-refractivity contribution in [2.45, 2.75) is 135 Å². The van der Waals surface area contributed by atoms with Gasteiger partial charge in [-0.05, 0) is 72.4 Å². The number of fused-ring (bicyclic) bond motifs is 2. The highest BCUT2D eigenvalue weighted by molar-refractivity contribution is 5.82. The molecule has 0 unspecified atom stereocenters. The van der Waals surface area contributed by atoms with E-state index in [2.05, 4.69) is 41.2 Å². The van der Waals surface area contributed by atoms with Crippen molar-refractivity contribution < 1.29 is 19.1 Å². The van der Waals surface area contributed by atoms with Gasteiger partial charge < -0.3 is 19.4 Å². The molecule has 0 spiro atoms. The first-order valence-electron chi connectivity index (χ1n) is 19.8. The van der Waals surface area contributed by atoms with Crippen LogP contribution >= 0.6 is 0 Å². The van der Waals surface area contributed by atoms with Gasteiger partial charge in [0, 0.05) is 22.4 Å². The Bertz CT molecular complexity index is 1720. The number of hydrogen-bond acceptors (Lipinski definition) is 4. The molecule has 0 amide bonds. The highest BCUT2D eigenvalue weighted by atomic mass is 16.6. The summed E-state index contributed by atoms with van der Waals surface area (Å²) in [5, 5.41) is 2.24. The monoisotopic (exact) mass is 690 g/mol. The van der Waals surface area contributed by atoms with E-state index in [0.717, 1.165) is 58.0 Å². The SMILES string of the molecule is CCCCCCCCCCCCCCCCCc1cccc(OC(=O)CCc2cc3ccccc3[nH]2)c1OC(=O)CCc1cc2ccccc2[nH]1. The lowest BCUT2D eigenvalue weighted by Crippen LogP contribution is -2.14. The van der Waals surface area contributed by atoms with Crippen LogP contribution in [-0.4, -0.2) is 21.9 Å². The van der Waals surface area contributed by atoms with Crippen molar-refractivity contribution in [3.63, 3.8) is 0 Å². The van der Waals surface area contributed by atoms with E-state index < -0.39 is 0 Å². The van der Waals surface area contributed by atoms with E-state index in [-0.39, 0.29) is 24.8 Å². The van der Waals surface area contributed by atoms with Crippen molar-refractivity contribution in [3.05, 3.63) is 95.8 Å². The fraction of sp³-hybridized carbons (Fsp3) is 0.467. The lowest BCUT2D eigenvalue weighted by atomic mass is 10.0. The van der Waals surface area contributed by atoms with E-state index in [9.17, 15) is 9.59 Å². The van der Waals surface area contributed by atoms with Crippen LogP contribution in [0, 0.1) is 0 Å². The minimum absolute atomic E-state index is 0.212. The number of esters is 2. The van der Waals surface area contributed by atoms with Crippen molar-refractivity contribution in [2.24, 2.45) is 0 Å². The number of hydrogen-bond donors (Lipinski definition) is 2. The quantitative estimate of drug-likeness (QED) is 0.0383. The smallest absolute Gasteiger partial charge is 0.311 e. The van der Waals surface area contributed by atoms with Crippen LogP contribution in [-0.2, 0) is 28.9 Å². The number of ether oxygens (including phenoxy) is 2. The number of para-hydroxylation sites is 3. The first-order valence-corrected chi connectivity index (χ1v) is 19.8. The number of carbonyl (C=O) groups is 2. The number of unbranched alkanes of at least 4 members (excludes halogenated alkanes) is 14. The number of benzene rings is 3. The Hall–Kier alpha value is -4.32. The molecule has 2 N–H and O–H groups in total. The van der Waals surface area contributed by atoms with Crippen LogP contribution < -0.4 is 9.47 Å². The van der Waals surface area contributed by atoms with Gasteiger partial charge in [-0.2, -0.15) is 0 Å². The standard InChI is InChI=1S/C45H58N2O4/c1-2-3-4-5-6-7-8-9-10-11-12-13-14-15-16-22-35-25-21-28-42(50-43(48)31-29-38-33-36-23-17-19-26-40(36)46-38)45(35)51-44(49)32-30-39-34-37-24-18-20-27-41(37)47-39/h17-21,23-28,33-34,46-47H,2-16,22,29-32H2,1H3. The molecule has 0 saturated carbocycles. The summed E-state index contributed by atoms with van der Waals surface area (Å²) in [5.41, 5.74) is 4.98. The molecule has 0 radical (unpaired) electrons. The molecule has 6 nitrogen and oxygen atoms in total. The van der Waals surface area contributed by atoms with Gasteiger partial charge in [0.05, 0.1) is 12.8 Å². The van der Waals surface area contributed by atoms with Gasteiger partial charge in [0.25, 0.3) is 0 Å². The van der Waals surface area contributed by atoms with Gasteiger partial charge in [0.1, 0.15) is 0 Å². The zero-order chi connectivity index (χ0) is 35.5. The Morgan fingerprint density at radius 3 is 1.49 bits per heavy atom. The third kappa shape index (κ3) is 12.7. The van der Waals surface area contributed by atoms with E-state index in [1.807, 2.05) is 48.5 Å². The van der Waals surface area contributed by atoms with Crippen LogP contribution in [0.1, 0.15) is 133 Å². The van der Waals surface area contributed by atoms with E-state index in [0.29, 0.717) is 24.3 Å². The number of aryl methyl sites for hydroxylation is 3. The van der Waals surface area contributed by atoms with Gasteiger partial charge in [0.15, 0.2) is 11.5 Å². The van der Waals surface area contributed by atoms with Gasteiger partial charge in [-0.3, -0.25) is 9.59 Å². The predicted octanol–water partition coefficient (Wildman–Crippen LogP) is 12.1. The lowest BCUT2D eigenvalue weighted by molar-refractivity contribution is -0.137. The maximum Gasteiger partial charge on any atom is 0.311 e. The highest BCUT2D eigenvalue weighted by Crippen LogP contribution is 2.34. The molecular weight excluding hydrogens is 633 g/mol. The minimum atomic E-state index is -0.354. The van der Waals surface area contributed by atoms with Crippen LogP contribution in [0.5, 0.6) is 11.5 Å². The summed E-state index contributed by atoms with van der Waals surface area (Å²) in [7, 11) is 0. The number of aromatic nitrogens is 2. The summed E-state index contributed by atoms with van der Waals surface area (Å²) in [4.78, 5) is 33.1. The molecule has 6 heteroatoms. The molecule has 0 aliphatic rings. The summed E-state index contributed by atoms with van der Waals surface area (Å²) >= 11 is 0. The number of rotatable bonds is 24. The van der Waals surface area contributed by atoms with Crippen molar-refractivity contribution in [1.29, 1.82) is 0 Å². The number of aromatic amines is 2. The molecule has 5 rings (SSSR count). The average Bonchev–Trinajstić information content (AvgIpc) is 3.76. The van der Waals surface area contributed by atoms with E-state index in [1.165, 1.54) is 83.5 Å². The summed E-state index contributed by atoms with van der Waals surface area (Å²) in [6.07, 6.45) is 21.9. The first kappa shape index (κ1) is 37.9. The molecule has 0 saturated heterocycles. The maximum atomic E-state index is 13.2. The minimum Gasteiger partial charge on any atom is -0.422 e. The zero-order valence-corrected chi connectivity index (χ0v) is 30.8. The second-order valence-corrected chi connectivity index (χ2v) is 14.2. The number of carbonyl (C=O) groups excluding carboxylic acids is 2. The molecule has 2 aromatic heterocycles. The van der Waals surface area contributed by atoms with E-state index >= 15 is 0 Å². The summed E-state index contributed by atoms with van der Waals surface area (Å²) < 4.78 is 11.9. The van der Waals surface area contributed by atoms with Crippen molar-refractivity contribution in [2.75, 3.05) is 0 Å². The normalized spacial score (nSPS) is 11.4. The molecule has 0 atom stereocenters. The molecule has 5 aromatic rings. The van der Waals surface area contributed by atoms with Crippen LogP contribution in [0.4, 0.5) is 0 Å². The molecule has 3 aromatic carbocycles. The van der Waals surface area contributed by atoms with Crippen molar-refractivity contribution in [3.8, 4) is 11.5 Å². The zero-order valence-electron chi connectivity index (χ0n) is 30.8. The fourth-order valence-corrected chi connectivity index (χ4v) is 6.99. The summed E-state index contributed by atoms with van der Waals surface area (Å²) in [5.74, 6) is -0.00123. The molecule has 0 aliphatic heterocycles. The second kappa shape index (κ2) is 21.1. The molecule has 2 heterocycles. The van der Waals surface area contributed by atoms with Gasteiger partial charge in [-0.15, -0.1) is 0 Å². The fourth-order valence-electron chi connectivity index (χ4n) is 6.99. The second-order valence-electron chi connectivity index (χ2n) is 14.2. The Balaban J connectivity index is 1.09. The third-order valence-electron chi connectivity index (χ3n) is 9.92. The Morgan fingerprint density at radius 2 is 0.980 bits per heavy atom. The van der Waals surface area contributed by atoms with Crippen LogP contribution in [0.3, 0.4) is 0 Å². The van der Waals surface area contributed by atoms with Crippen molar-refractivity contribution >= 4 is 33.7 Å². The molecule has 0 aliphatic carbocycles. The Labute approximate surface area is 304 Å². The Morgan fingerprint density at radius 1 is 0.510 bits per heavy atom. The lowest BCUT2D eigenvalue weighted by Gasteiger charge is -2.15. The summed E-state index contributed by atoms with van der Waals surface area (Å²) in [6.45, 7) is 2.28. The first-order chi connectivity index (χ1) is 25.1. The highest BCUT2D eigenvalue weighted by Gasteiger charge is 2.19. The van der Waals surface area contributed by atoms with Crippen LogP contribution in [0.2, 0.25) is 0 Å². The van der Waals surface area contributed by atoms with Gasteiger partial charge in [0.2, 0.25) is 0 Å². The average molecular weight is 691 g/mol. The Kier molecular flexibility index (Phi) is 15.7. The summed E-state index contributed by atoms with van der Waals surface area (Å²) in [6, 6.07) is 25.9. The van der Waals surface area contributed by atoms with E-state index in [4.69, 9.17) is 9.47 Å². The molecule has 51 heavy (non-hydrogen) atoms. The van der Waals surface area contributed by atoms with Crippen molar-refractivity contribution in [1.82, 2.24) is 9.97 Å². The topological polar surface area (TPSA) is 84.2 Å². The number of nitrogens with one attached hydrogen (secondary N) is 2. The largest absolute Gasteiger partial charge is 0.422 e. The third-order valence-corrected chi connectivity index (χ3v) is 9.92. The van der Waals surface area contributed by atoms with Gasteiger partial charge in [-0.1, -0.05) is 145 Å². The molecule has 0 bridgehead atoms. The maximum absolute atomic E-state index is 13.2.